The molecule has 0 atom stereocenters. The van der Waals surface area contributed by atoms with Gasteiger partial charge >= 0.3 is 0 Å². The van der Waals surface area contributed by atoms with Crippen LogP contribution in [0.2, 0.25) is 0 Å². The molecule has 0 unspecified atom stereocenters. The molecule has 0 bridgehead atoms. The first kappa shape index (κ1) is 12.0. The molecule has 84 valence electrons. The first-order valence-corrected chi connectivity index (χ1v) is 5.56. The average molecular weight is 207 g/mol. The molecule has 0 aromatic carbocycles. The van der Waals surface area contributed by atoms with Gasteiger partial charge < -0.3 is 5.32 Å². The lowest BCUT2D eigenvalue weighted by Gasteiger charge is -2.17. The maximum atomic E-state index is 4.28. The molecule has 1 rings (SSSR count). The van der Waals surface area contributed by atoms with Gasteiger partial charge in [-0.3, -0.25) is 0 Å². The number of nitrogens with zero attached hydrogens (tertiary/aromatic N) is 2. The molecule has 0 spiro atoms. The summed E-state index contributed by atoms with van der Waals surface area (Å²) in [4.78, 5) is 8.47. The van der Waals surface area contributed by atoms with Crippen LogP contribution < -0.4 is 5.32 Å². The summed E-state index contributed by atoms with van der Waals surface area (Å²) < 4.78 is 0. The third-order valence-electron chi connectivity index (χ3n) is 1.99. The summed E-state index contributed by atoms with van der Waals surface area (Å²) in [7, 11) is 0. The summed E-state index contributed by atoms with van der Waals surface area (Å²) in [6.07, 6.45) is 3.73. The van der Waals surface area contributed by atoms with Crippen LogP contribution in [-0.2, 0) is 6.42 Å². The fourth-order valence-corrected chi connectivity index (χ4v) is 1.39. The number of anilines is 1. The summed E-state index contributed by atoms with van der Waals surface area (Å²) in [5.74, 6) is 0.936. The molecule has 3 heteroatoms. The Morgan fingerprint density at radius 2 is 2.00 bits per heavy atom. The second-order valence-corrected chi connectivity index (χ2v) is 5.06. The van der Waals surface area contributed by atoms with E-state index < -0.39 is 0 Å². The normalized spacial score (nSPS) is 11.5. The van der Waals surface area contributed by atoms with Gasteiger partial charge in [0.25, 0.3) is 0 Å². The second-order valence-electron chi connectivity index (χ2n) is 5.06. The van der Waals surface area contributed by atoms with Gasteiger partial charge in [-0.1, -0.05) is 27.7 Å². The van der Waals surface area contributed by atoms with Gasteiger partial charge in [-0.25, -0.2) is 9.97 Å². The molecular weight excluding hydrogens is 186 g/mol. The van der Waals surface area contributed by atoms with E-state index in [-0.39, 0.29) is 5.41 Å². The first-order valence-electron chi connectivity index (χ1n) is 5.56. The summed E-state index contributed by atoms with van der Waals surface area (Å²) in [5, 5.41) is 3.27. The van der Waals surface area contributed by atoms with Crippen molar-refractivity contribution in [3.8, 4) is 0 Å². The van der Waals surface area contributed by atoms with Crippen molar-refractivity contribution in [3.63, 3.8) is 0 Å². The van der Waals surface area contributed by atoms with E-state index in [0.29, 0.717) is 0 Å². The highest BCUT2D eigenvalue weighted by Crippen LogP contribution is 2.19. The predicted molar refractivity (Wildman–Crippen MR) is 64.0 cm³/mol. The molecular formula is C12H21N3. The molecule has 0 amide bonds. The van der Waals surface area contributed by atoms with Gasteiger partial charge in [0.1, 0.15) is 12.1 Å². The summed E-state index contributed by atoms with van der Waals surface area (Å²) in [6, 6.07) is 2.04. The lowest BCUT2D eigenvalue weighted by atomic mass is 9.90. The van der Waals surface area contributed by atoms with Crippen LogP contribution >= 0.6 is 0 Å². The largest absolute Gasteiger partial charge is 0.370 e. The molecule has 1 heterocycles. The van der Waals surface area contributed by atoms with E-state index in [9.17, 15) is 0 Å². The van der Waals surface area contributed by atoms with Crippen molar-refractivity contribution in [2.45, 2.75) is 40.5 Å². The van der Waals surface area contributed by atoms with Crippen LogP contribution in [0.5, 0.6) is 0 Å². The predicted octanol–water partition coefficient (Wildman–Crippen LogP) is 2.89. The zero-order valence-corrected chi connectivity index (χ0v) is 10.2. The van der Waals surface area contributed by atoms with Crippen LogP contribution in [0.3, 0.4) is 0 Å². The van der Waals surface area contributed by atoms with E-state index in [1.165, 1.54) is 0 Å². The molecule has 3 nitrogen and oxygen atoms in total. The number of nitrogens with one attached hydrogen (secondary N) is 1. The Labute approximate surface area is 92.3 Å². The molecule has 0 aliphatic carbocycles. The fourth-order valence-electron chi connectivity index (χ4n) is 1.39. The average Bonchev–Trinajstić information content (AvgIpc) is 2.12. The van der Waals surface area contributed by atoms with Crippen molar-refractivity contribution in [2.24, 2.45) is 5.41 Å². The molecule has 0 aliphatic rings. The Morgan fingerprint density at radius 3 is 2.60 bits per heavy atom. The SMILES string of the molecule is CCCNc1cc(CC(C)(C)C)ncn1. The van der Waals surface area contributed by atoms with E-state index in [4.69, 9.17) is 0 Å². The van der Waals surface area contributed by atoms with Crippen LogP contribution in [0.1, 0.15) is 39.8 Å². The number of aromatic nitrogens is 2. The molecule has 0 saturated carbocycles. The Balaban J connectivity index is 2.66. The fraction of sp³-hybridized carbons (Fsp3) is 0.667. The van der Waals surface area contributed by atoms with E-state index in [0.717, 1.165) is 30.9 Å². The third kappa shape index (κ3) is 4.77. The van der Waals surface area contributed by atoms with Gasteiger partial charge in [-0.15, -0.1) is 0 Å². The van der Waals surface area contributed by atoms with Crippen LogP contribution in [0.25, 0.3) is 0 Å². The van der Waals surface area contributed by atoms with Gasteiger partial charge in [-0.2, -0.15) is 0 Å². The highest BCUT2D eigenvalue weighted by atomic mass is 15.0. The minimum absolute atomic E-state index is 0.274. The minimum Gasteiger partial charge on any atom is -0.370 e. The van der Waals surface area contributed by atoms with E-state index >= 15 is 0 Å². The molecule has 0 aliphatic heterocycles. The zero-order valence-electron chi connectivity index (χ0n) is 10.2. The molecule has 15 heavy (non-hydrogen) atoms. The first-order chi connectivity index (χ1) is 7.01. The van der Waals surface area contributed by atoms with Crippen molar-refractivity contribution < 1.29 is 0 Å². The molecule has 1 N–H and O–H groups in total. The van der Waals surface area contributed by atoms with Gasteiger partial charge in [0.2, 0.25) is 0 Å². The molecule has 0 saturated heterocycles. The standard InChI is InChI=1S/C12H21N3/c1-5-6-13-11-7-10(14-9-15-11)8-12(2,3)4/h7,9H,5-6,8H2,1-4H3,(H,13,14,15). The van der Waals surface area contributed by atoms with Crippen molar-refractivity contribution >= 4 is 5.82 Å². The van der Waals surface area contributed by atoms with Crippen LogP contribution in [0.15, 0.2) is 12.4 Å². The van der Waals surface area contributed by atoms with Gasteiger partial charge in [0, 0.05) is 18.3 Å². The topological polar surface area (TPSA) is 37.8 Å². The third-order valence-corrected chi connectivity index (χ3v) is 1.99. The lowest BCUT2D eigenvalue weighted by molar-refractivity contribution is 0.406. The van der Waals surface area contributed by atoms with Crippen LogP contribution in [-0.4, -0.2) is 16.5 Å². The van der Waals surface area contributed by atoms with Crippen molar-refractivity contribution in [2.75, 3.05) is 11.9 Å². The quantitative estimate of drug-likeness (QED) is 0.825. The Hall–Kier alpha value is -1.12. The van der Waals surface area contributed by atoms with Crippen LogP contribution in [0, 0.1) is 5.41 Å². The maximum Gasteiger partial charge on any atom is 0.129 e. The molecule has 1 aromatic rings. The maximum absolute atomic E-state index is 4.28. The summed E-state index contributed by atoms with van der Waals surface area (Å²) >= 11 is 0. The molecule has 1 aromatic heterocycles. The molecule has 0 fully saturated rings. The Kier molecular flexibility index (Phi) is 4.06. The van der Waals surface area contributed by atoms with Crippen molar-refractivity contribution in [1.82, 2.24) is 9.97 Å². The molecule has 0 radical (unpaired) electrons. The Morgan fingerprint density at radius 1 is 1.27 bits per heavy atom. The number of hydrogen-bond donors (Lipinski definition) is 1. The number of hydrogen-bond acceptors (Lipinski definition) is 3. The highest BCUT2D eigenvalue weighted by molar-refractivity contribution is 5.34. The minimum atomic E-state index is 0.274. The van der Waals surface area contributed by atoms with E-state index in [1.807, 2.05) is 6.07 Å². The monoisotopic (exact) mass is 207 g/mol. The smallest absolute Gasteiger partial charge is 0.129 e. The van der Waals surface area contributed by atoms with Gasteiger partial charge in [-0.05, 0) is 18.3 Å². The zero-order chi connectivity index (χ0) is 11.3. The number of rotatable bonds is 4. The lowest BCUT2D eigenvalue weighted by Crippen LogP contribution is -2.11. The van der Waals surface area contributed by atoms with Crippen LogP contribution in [0.4, 0.5) is 5.82 Å². The van der Waals surface area contributed by atoms with Gasteiger partial charge in [0.15, 0.2) is 0 Å². The summed E-state index contributed by atoms with van der Waals surface area (Å²) in [6.45, 7) is 9.76. The second kappa shape index (κ2) is 5.10. The van der Waals surface area contributed by atoms with Crippen molar-refractivity contribution in [1.29, 1.82) is 0 Å². The van der Waals surface area contributed by atoms with E-state index in [2.05, 4.69) is 43.0 Å². The van der Waals surface area contributed by atoms with Gasteiger partial charge in [0.05, 0.1) is 0 Å². The highest BCUT2D eigenvalue weighted by Gasteiger charge is 2.12. The van der Waals surface area contributed by atoms with E-state index in [1.54, 1.807) is 6.33 Å². The summed E-state index contributed by atoms with van der Waals surface area (Å²) in [5.41, 5.74) is 1.38. The Bertz CT molecular complexity index is 302. The van der Waals surface area contributed by atoms with Crippen molar-refractivity contribution in [3.05, 3.63) is 18.1 Å².